The number of fused-ring (bicyclic) bond motifs is 3. The van der Waals surface area contributed by atoms with E-state index in [1.807, 2.05) is 24.3 Å². The molecule has 1 atom stereocenters. The van der Waals surface area contributed by atoms with Gasteiger partial charge < -0.3 is 24.1 Å². The molecular weight excluding hydrogens is 332 g/mol. The molecule has 0 spiro atoms. The first kappa shape index (κ1) is 17.0. The fourth-order valence-corrected chi connectivity index (χ4v) is 3.79. The summed E-state index contributed by atoms with van der Waals surface area (Å²) in [6, 6.07) is 11.1. The Bertz CT molecular complexity index is 765. The second-order valence-electron chi connectivity index (χ2n) is 6.95. The van der Waals surface area contributed by atoms with Crippen molar-refractivity contribution in [3.63, 3.8) is 0 Å². The Morgan fingerprint density at radius 2 is 2.04 bits per heavy atom. The van der Waals surface area contributed by atoms with Gasteiger partial charge in [0.25, 0.3) is 5.91 Å². The minimum absolute atomic E-state index is 0.142. The molecule has 3 aliphatic heterocycles. The topological polar surface area (TPSA) is 63.9 Å². The van der Waals surface area contributed by atoms with Gasteiger partial charge in [-0.05, 0) is 56.1 Å². The van der Waals surface area contributed by atoms with E-state index in [1.54, 1.807) is 19.2 Å². The molecule has 1 aromatic carbocycles. The summed E-state index contributed by atoms with van der Waals surface area (Å²) < 4.78 is 16.5. The molecule has 3 fully saturated rings. The Morgan fingerprint density at radius 1 is 1.23 bits per heavy atom. The smallest absolute Gasteiger partial charge is 0.287 e. The molecule has 3 saturated heterocycles. The molecule has 2 bridgehead atoms. The average molecular weight is 356 g/mol. The molecule has 0 radical (unpaired) electrons. The summed E-state index contributed by atoms with van der Waals surface area (Å²) in [7, 11) is 1.62. The van der Waals surface area contributed by atoms with E-state index in [2.05, 4.69) is 10.2 Å². The van der Waals surface area contributed by atoms with Gasteiger partial charge >= 0.3 is 0 Å². The number of hydrogen-bond acceptors (Lipinski definition) is 5. The van der Waals surface area contributed by atoms with Crippen LogP contribution in [0.4, 0.5) is 0 Å². The van der Waals surface area contributed by atoms with Crippen molar-refractivity contribution < 1.29 is 18.7 Å². The Balaban J connectivity index is 1.33. The molecule has 6 heteroatoms. The van der Waals surface area contributed by atoms with Gasteiger partial charge in [0.05, 0.1) is 7.11 Å². The number of nitrogens with zero attached hydrogens (tertiary/aromatic N) is 1. The predicted octanol–water partition coefficient (Wildman–Crippen LogP) is 2.69. The van der Waals surface area contributed by atoms with Crippen LogP contribution in [0.5, 0.6) is 11.5 Å². The number of methoxy groups -OCH3 is 1. The molecular formula is C20H24N2O4. The predicted molar refractivity (Wildman–Crippen MR) is 96.5 cm³/mol. The van der Waals surface area contributed by atoms with Gasteiger partial charge in [0, 0.05) is 18.7 Å². The van der Waals surface area contributed by atoms with Crippen LogP contribution in [0.2, 0.25) is 0 Å². The monoisotopic (exact) mass is 356 g/mol. The molecule has 1 amide bonds. The first-order chi connectivity index (χ1) is 12.7. The van der Waals surface area contributed by atoms with Gasteiger partial charge in [-0.2, -0.15) is 0 Å². The van der Waals surface area contributed by atoms with Gasteiger partial charge in [-0.25, -0.2) is 0 Å². The number of piperidine rings is 3. The van der Waals surface area contributed by atoms with Crippen LogP contribution in [0.1, 0.15) is 29.2 Å². The zero-order chi connectivity index (χ0) is 17.9. The summed E-state index contributed by atoms with van der Waals surface area (Å²) >= 11 is 0. The van der Waals surface area contributed by atoms with Crippen LogP contribution in [0.3, 0.4) is 0 Å². The van der Waals surface area contributed by atoms with Crippen molar-refractivity contribution in [1.29, 1.82) is 0 Å². The summed E-state index contributed by atoms with van der Waals surface area (Å²) in [4.78, 5) is 14.9. The van der Waals surface area contributed by atoms with E-state index < -0.39 is 0 Å². The number of carbonyl (C=O) groups is 1. The summed E-state index contributed by atoms with van der Waals surface area (Å²) in [5.74, 6) is 2.84. The third-order valence-corrected chi connectivity index (χ3v) is 5.28. The highest BCUT2D eigenvalue weighted by atomic mass is 16.5. The molecule has 0 saturated carbocycles. The van der Waals surface area contributed by atoms with Crippen molar-refractivity contribution in [2.75, 3.05) is 26.7 Å². The lowest BCUT2D eigenvalue weighted by molar-refractivity contribution is 0.0604. The van der Waals surface area contributed by atoms with Crippen LogP contribution in [0.15, 0.2) is 40.8 Å². The maximum absolute atomic E-state index is 12.5. The number of ether oxygens (including phenoxy) is 2. The van der Waals surface area contributed by atoms with E-state index in [0.717, 1.165) is 25.4 Å². The summed E-state index contributed by atoms with van der Waals surface area (Å²) in [6.45, 7) is 3.52. The highest BCUT2D eigenvalue weighted by Crippen LogP contribution is 2.27. The molecule has 26 heavy (non-hydrogen) atoms. The minimum Gasteiger partial charge on any atom is -0.497 e. The molecule has 4 heterocycles. The molecule has 1 aromatic heterocycles. The van der Waals surface area contributed by atoms with Crippen molar-refractivity contribution in [1.82, 2.24) is 10.2 Å². The van der Waals surface area contributed by atoms with Gasteiger partial charge in [-0.15, -0.1) is 0 Å². The van der Waals surface area contributed by atoms with Crippen molar-refractivity contribution >= 4 is 5.91 Å². The Hall–Kier alpha value is -2.47. The van der Waals surface area contributed by atoms with E-state index in [-0.39, 0.29) is 18.6 Å². The molecule has 2 aromatic rings. The number of carbonyl (C=O) groups excluding carboxylic acids is 1. The van der Waals surface area contributed by atoms with E-state index in [1.165, 1.54) is 12.8 Å². The van der Waals surface area contributed by atoms with Gasteiger partial charge in [0.2, 0.25) is 0 Å². The quantitative estimate of drug-likeness (QED) is 0.862. The minimum atomic E-state index is -0.142. The summed E-state index contributed by atoms with van der Waals surface area (Å²) in [5.41, 5.74) is 0. The van der Waals surface area contributed by atoms with E-state index in [9.17, 15) is 4.79 Å². The molecule has 0 aliphatic carbocycles. The molecule has 1 N–H and O–H groups in total. The first-order valence-corrected chi connectivity index (χ1v) is 9.10. The molecule has 6 nitrogen and oxygen atoms in total. The Labute approximate surface area is 153 Å². The van der Waals surface area contributed by atoms with Crippen molar-refractivity contribution in [3.8, 4) is 11.5 Å². The maximum atomic E-state index is 12.5. The fraction of sp³-hybridized carbons (Fsp3) is 0.450. The van der Waals surface area contributed by atoms with Crippen LogP contribution in [-0.2, 0) is 6.61 Å². The van der Waals surface area contributed by atoms with Crippen LogP contribution in [0, 0.1) is 5.92 Å². The molecule has 1 unspecified atom stereocenters. The highest BCUT2D eigenvalue weighted by molar-refractivity contribution is 5.91. The van der Waals surface area contributed by atoms with Crippen LogP contribution in [0.25, 0.3) is 0 Å². The second kappa shape index (κ2) is 7.41. The Kier molecular flexibility index (Phi) is 4.84. The SMILES string of the molecule is COc1cccc(OCc2ccc(C(=O)NC3CN4CCC3CC4)o2)c1. The largest absolute Gasteiger partial charge is 0.497 e. The van der Waals surface area contributed by atoms with Crippen LogP contribution in [-0.4, -0.2) is 43.6 Å². The molecule has 138 valence electrons. The number of hydrogen-bond donors (Lipinski definition) is 1. The molecule has 3 aliphatic rings. The van der Waals surface area contributed by atoms with E-state index in [0.29, 0.717) is 23.2 Å². The third-order valence-electron chi connectivity index (χ3n) is 5.28. The maximum Gasteiger partial charge on any atom is 0.287 e. The van der Waals surface area contributed by atoms with Gasteiger partial charge in [-0.1, -0.05) is 6.07 Å². The van der Waals surface area contributed by atoms with E-state index >= 15 is 0 Å². The summed E-state index contributed by atoms with van der Waals surface area (Å²) in [5, 5.41) is 3.14. The lowest BCUT2D eigenvalue weighted by atomic mass is 9.84. The van der Waals surface area contributed by atoms with Gasteiger partial charge in [-0.3, -0.25) is 4.79 Å². The summed E-state index contributed by atoms with van der Waals surface area (Å²) in [6.07, 6.45) is 2.34. The zero-order valence-corrected chi connectivity index (χ0v) is 14.9. The third kappa shape index (κ3) is 3.70. The number of furan rings is 1. The number of benzene rings is 1. The normalized spacial score (nSPS) is 24.3. The highest BCUT2D eigenvalue weighted by Gasteiger charge is 2.35. The standard InChI is InChI=1S/C20H24N2O4/c1-24-15-3-2-4-16(11-15)25-13-17-5-6-19(26-17)20(23)21-18-12-22-9-7-14(18)8-10-22/h2-6,11,14,18H,7-10,12-13H2,1H3,(H,21,23). The lowest BCUT2D eigenvalue weighted by Gasteiger charge is -2.44. The first-order valence-electron chi connectivity index (χ1n) is 9.10. The lowest BCUT2D eigenvalue weighted by Crippen LogP contribution is -2.57. The second-order valence-corrected chi connectivity index (χ2v) is 6.95. The van der Waals surface area contributed by atoms with Crippen LogP contribution >= 0.6 is 0 Å². The zero-order valence-electron chi connectivity index (χ0n) is 14.9. The fourth-order valence-electron chi connectivity index (χ4n) is 3.79. The number of amides is 1. The van der Waals surface area contributed by atoms with Crippen molar-refractivity contribution in [2.24, 2.45) is 5.92 Å². The van der Waals surface area contributed by atoms with Crippen molar-refractivity contribution in [3.05, 3.63) is 47.9 Å². The van der Waals surface area contributed by atoms with Gasteiger partial charge in [0.1, 0.15) is 23.9 Å². The number of nitrogens with one attached hydrogen (secondary N) is 1. The Morgan fingerprint density at radius 3 is 2.77 bits per heavy atom. The number of rotatable bonds is 6. The average Bonchev–Trinajstić information content (AvgIpc) is 3.17. The van der Waals surface area contributed by atoms with Gasteiger partial charge in [0.15, 0.2) is 5.76 Å². The van der Waals surface area contributed by atoms with E-state index in [4.69, 9.17) is 13.9 Å². The van der Waals surface area contributed by atoms with Crippen molar-refractivity contribution in [2.45, 2.75) is 25.5 Å². The van der Waals surface area contributed by atoms with Crippen LogP contribution < -0.4 is 14.8 Å². The molecule has 5 rings (SSSR count).